The van der Waals surface area contributed by atoms with Crippen LogP contribution in [0, 0.1) is 43.6 Å². The van der Waals surface area contributed by atoms with Crippen molar-refractivity contribution in [2.24, 2.45) is 22.1 Å². The Morgan fingerprint density at radius 2 is 0.977 bits per heavy atom. The molecule has 2 aromatic rings. The zero-order valence-electron chi connectivity index (χ0n) is 54.5. The first-order chi connectivity index (χ1) is 41.4. The number of allylic oxidation sites excluding steroid dienone is 4. The van der Waals surface area contributed by atoms with Gasteiger partial charge in [-0.3, -0.25) is 9.59 Å². The second kappa shape index (κ2) is 57.7. The van der Waals surface area contributed by atoms with E-state index in [2.05, 4.69) is 39.9 Å². The van der Waals surface area contributed by atoms with E-state index in [0.717, 1.165) is 61.1 Å². The number of aryl methyl sites for hydroxylation is 1. The molecular formula is C68H105N5Na2O11S. The van der Waals surface area contributed by atoms with Crippen molar-refractivity contribution in [2.45, 2.75) is 233 Å². The average Bonchev–Trinajstić information content (AvgIpc) is 2.66. The number of hydrogen-bond donors (Lipinski definition) is 0. The van der Waals surface area contributed by atoms with Crippen LogP contribution in [-0.4, -0.2) is 89.8 Å². The summed E-state index contributed by atoms with van der Waals surface area (Å²) in [6.45, 7) is 17.7. The monoisotopic (exact) mass is 1250 g/mol. The van der Waals surface area contributed by atoms with Gasteiger partial charge >= 0.3 is 71.1 Å². The quantitative estimate of drug-likeness (QED) is 0.0151. The zero-order valence-corrected chi connectivity index (χ0v) is 59.3. The fraction of sp³-hybridized carbons (Fsp3) is 0.706. The molecule has 87 heavy (non-hydrogen) atoms. The Morgan fingerprint density at radius 1 is 0.586 bits per heavy atom. The maximum absolute atomic E-state index is 12.6. The van der Waals surface area contributed by atoms with Gasteiger partial charge < -0.3 is 48.4 Å². The van der Waals surface area contributed by atoms with Crippen molar-refractivity contribution in [3.05, 3.63) is 70.6 Å². The number of esters is 2. The van der Waals surface area contributed by atoms with E-state index in [1.165, 1.54) is 141 Å². The first-order valence-electron chi connectivity index (χ1n) is 32.4. The zero-order chi connectivity index (χ0) is 61.8. The number of thiophene rings is 1. The van der Waals surface area contributed by atoms with E-state index >= 15 is 0 Å². The van der Waals surface area contributed by atoms with Crippen LogP contribution in [0.2, 0.25) is 0 Å². The summed E-state index contributed by atoms with van der Waals surface area (Å²) in [4.78, 5) is 54.3. The van der Waals surface area contributed by atoms with Crippen LogP contribution in [0.1, 0.15) is 236 Å². The maximum atomic E-state index is 12.6. The van der Waals surface area contributed by atoms with Gasteiger partial charge in [-0.1, -0.05) is 192 Å². The van der Waals surface area contributed by atoms with E-state index in [1.54, 1.807) is 6.92 Å². The van der Waals surface area contributed by atoms with Gasteiger partial charge in [-0.05, 0) is 81.7 Å². The molecule has 0 fully saturated rings. The third-order valence-electron chi connectivity index (χ3n) is 15.1. The van der Waals surface area contributed by atoms with E-state index in [4.69, 9.17) is 30.3 Å². The molecule has 0 aliphatic rings. The molecule has 1 heterocycles. The van der Waals surface area contributed by atoms with Crippen molar-refractivity contribution in [1.29, 1.82) is 5.26 Å². The van der Waals surface area contributed by atoms with Crippen LogP contribution >= 0.6 is 11.3 Å². The van der Waals surface area contributed by atoms with Crippen LogP contribution in [0.5, 0.6) is 0 Å². The Labute approximate surface area is 572 Å². The molecule has 16 nitrogen and oxygen atoms in total. The topological polar surface area (TPSA) is 217 Å². The van der Waals surface area contributed by atoms with Crippen molar-refractivity contribution in [1.82, 2.24) is 0 Å². The van der Waals surface area contributed by atoms with E-state index < -0.39 is 35.7 Å². The number of unbranched alkanes of at least 4 members (excludes halogenated alkanes) is 26. The molecule has 2 unspecified atom stereocenters. The van der Waals surface area contributed by atoms with Gasteiger partial charge in [-0.15, -0.1) is 21.6 Å². The van der Waals surface area contributed by atoms with Crippen LogP contribution in [0.4, 0.5) is 21.4 Å². The number of carbonyl (C=O) groups is 4. The van der Waals surface area contributed by atoms with E-state index in [1.807, 2.05) is 49.4 Å². The van der Waals surface area contributed by atoms with E-state index in [9.17, 15) is 34.7 Å². The van der Waals surface area contributed by atoms with Crippen molar-refractivity contribution in [3.8, 4) is 6.07 Å². The summed E-state index contributed by atoms with van der Waals surface area (Å²) in [7, 11) is 0. The van der Waals surface area contributed by atoms with Crippen LogP contribution in [0.3, 0.4) is 0 Å². The van der Waals surface area contributed by atoms with E-state index in [0.29, 0.717) is 46.5 Å². The Morgan fingerprint density at radius 3 is 1.36 bits per heavy atom. The molecule has 0 radical (unpaired) electrons. The number of nitrogens with zero attached hydrogens (tertiary/aromatic N) is 5. The molecule has 2 atom stereocenters. The number of carboxylic acids is 2. The Bertz CT molecular complexity index is 2300. The first kappa shape index (κ1) is 83.5. The summed E-state index contributed by atoms with van der Waals surface area (Å²) in [6.07, 6.45) is 42.8. The van der Waals surface area contributed by atoms with Gasteiger partial charge in [0, 0.05) is 42.6 Å². The Kier molecular flexibility index (Phi) is 55.4. The molecule has 0 amide bonds. The SMILES string of the molecule is [C-]#[N+]c1sc(N=Nc2ccc(N(CCOCCOCCOC(=O)CC(C/C=C/CCCCCCCCCCCCCCC)C(=O)[O-])CCOCCOC(=O)CC(C/C=C/CCCCCCCCCCCCCCC)C(=O)[O-])cc2C)c(C#N)c1C.[Na+].[Na+]. The van der Waals surface area contributed by atoms with Crippen molar-refractivity contribution >= 4 is 56.6 Å². The number of anilines is 1. The average molecular weight is 1250 g/mol. The Hall–Kier alpha value is -3.46. The number of benzene rings is 1. The molecule has 0 bridgehead atoms. The third-order valence-corrected chi connectivity index (χ3v) is 16.2. The molecule has 476 valence electrons. The molecular weight excluding hydrogens is 1140 g/mol. The molecule has 1 aromatic heterocycles. The maximum Gasteiger partial charge on any atom is 1.00 e. The number of rotatable bonds is 56. The summed E-state index contributed by atoms with van der Waals surface area (Å²) in [5, 5.41) is 42.8. The summed E-state index contributed by atoms with van der Waals surface area (Å²) >= 11 is 1.12. The van der Waals surface area contributed by atoms with Crippen molar-refractivity contribution in [3.63, 3.8) is 0 Å². The first-order valence-corrected chi connectivity index (χ1v) is 33.2. The fourth-order valence-corrected chi connectivity index (χ4v) is 10.6. The van der Waals surface area contributed by atoms with Crippen LogP contribution in [-0.2, 0) is 42.9 Å². The number of azo groups is 1. The van der Waals surface area contributed by atoms with Gasteiger partial charge in [-0.25, -0.2) is 4.85 Å². The third kappa shape index (κ3) is 43.0. The van der Waals surface area contributed by atoms with Crippen LogP contribution < -0.4 is 74.2 Å². The van der Waals surface area contributed by atoms with E-state index in [-0.39, 0.29) is 131 Å². The molecule has 0 spiro atoms. The molecule has 0 aliphatic heterocycles. The molecule has 0 N–H and O–H groups in total. The van der Waals surface area contributed by atoms with Crippen LogP contribution in [0.25, 0.3) is 4.85 Å². The summed E-state index contributed by atoms with van der Waals surface area (Å²) in [6, 6.07) is 7.78. The molecule has 0 saturated carbocycles. The minimum absolute atomic E-state index is 0. The second-order valence-electron chi connectivity index (χ2n) is 22.3. The summed E-state index contributed by atoms with van der Waals surface area (Å²) in [5.74, 6) is -5.74. The second-order valence-corrected chi connectivity index (χ2v) is 23.3. The number of ether oxygens (including phenoxy) is 5. The number of nitriles is 1. The van der Waals surface area contributed by atoms with Crippen LogP contribution in [0.15, 0.2) is 52.7 Å². The Balaban J connectivity index is 0.0000370. The van der Waals surface area contributed by atoms with Gasteiger partial charge in [0.2, 0.25) is 5.00 Å². The predicted molar refractivity (Wildman–Crippen MR) is 336 cm³/mol. The fourth-order valence-electron chi connectivity index (χ4n) is 9.78. The molecule has 0 saturated heterocycles. The largest absolute Gasteiger partial charge is 1.00 e. The minimum atomic E-state index is -1.28. The van der Waals surface area contributed by atoms with Gasteiger partial charge in [0.15, 0.2) is 0 Å². The normalized spacial score (nSPS) is 12.0. The minimum Gasteiger partial charge on any atom is -0.550 e. The number of aliphatic carboxylic acids is 2. The van der Waals surface area contributed by atoms with Crippen molar-refractivity contribution in [2.75, 3.05) is 70.8 Å². The number of hydrogen-bond acceptors (Lipinski definition) is 16. The van der Waals surface area contributed by atoms with Gasteiger partial charge in [0.1, 0.15) is 24.3 Å². The van der Waals surface area contributed by atoms with Gasteiger partial charge in [0.05, 0.1) is 70.3 Å². The molecule has 0 aliphatic carbocycles. The molecule has 2 rings (SSSR count). The van der Waals surface area contributed by atoms with Crippen molar-refractivity contribution < 1.29 is 112 Å². The van der Waals surface area contributed by atoms with Gasteiger partial charge in [-0.2, -0.15) is 5.26 Å². The van der Waals surface area contributed by atoms with Gasteiger partial charge in [0.25, 0.3) is 0 Å². The molecule has 19 heteroatoms. The smallest absolute Gasteiger partial charge is 0.550 e. The summed E-state index contributed by atoms with van der Waals surface area (Å²) in [5.41, 5.74) is 3.16. The standard InChI is InChI=1S/C68H107N5O11S.2Na/c1-6-8-10-12-14-16-18-20-22-24-26-28-30-32-34-36-38-58(67(76)77)53-63(74)83-50-48-81-45-43-73(60-40-41-62(56(3)52-60)71-72-66-61(55-69)57(4)65(70-5)85-66)42-44-80-46-47-82-49-51-84-64(75)54-59(68(78)79)39-37-35-33-31-29-27-25-23-21-19-17-15-13-11-9-7-2;;/h34-37,40-41,52,58-59H,6-33,38-39,42-51,53-54H2,1-4H3,(H,76,77)(H,78,79);;/q;2*+1/p-2/b36-34+,37-35+,72-71?;;. The number of carboxylic acid groups (broad SMARTS) is 2. The molecule has 1 aromatic carbocycles. The predicted octanol–water partition coefficient (Wildman–Crippen LogP) is 9.52. The summed E-state index contributed by atoms with van der Waals surface area (Å²) < 4.78 is 28.0. The number of carbonyl (C=O) groups excluding carboxylic acids is 4.